The highest BCUT2D eigenvalue weighted by atomic mass is 32.2. The Morgan fingerprint density at radius 2 is 1.72 bits per heavy atom. The molecule has 2 N–H and O–H groups in total. The minimum absolute atomic E-state index is 0.0716. The van der Waals surface area contributed by atoms with E-state index in [2.05, 4.69) is 15.0 Å². The number of nitrogens with zero attached hydrogens (tertiary/aromatic N) is 1. The van der Waals surface area contributed by atoms with E-state index in [4.69, 9.17) is 4.74 Å². The molecule has 0 bridgehead atoms. The van der Waals surface area contributed by atoms with E-state index in [1.807, 2.05) is 30.3 Å². The van der Waals surface area contributed by atoms with Gasteiger partial charge in [0.2, 0.25) is 21.8 Å². The van der Waals surface area contributed by atoms with Gasteiger partial charge >= 0.3 is 0 Å². The molecule has 4 rings (SSSR count). The highest BCUT2D eigenvalue weighted by Gasteiger charge is 2.27. The maximum atomic E-state index is 12.3. The Balaban J connectivity index is 1.23. The summed E-state index contributed by atoms with van der Waals surface area (Å²) in [4.78, 5) is 16.7. The lowest BCUT2D eigenvalue weighted by molar-refractivity contribution is -0.116. The zero-order valence-electron chi connectivity index (χ0n) is 17.5. The first kappa shape index (κ1) is 22.0. The second kappa shape index (κ2) is 9.93. The fourth-order valence-electron chi connectivity index (χ4n) is 3.08. The van der Waals surface area contributed by atoms with E-state index in [0.29, 0.717) is 24.6 Å². The molecule has 2 aromatic carbocycles. The first-order chi connectivity index (χ1) is 15.5. The number of carbonyl (C=O) groups is 1. The van der Waals surface area contributed by atoms with Crippen molar-refractivity contribution >= 4 is 21.6 Å². The lowest BCUT2D eigenvalue weighted by Gasteiger charge is -2.08. The van der Waals surface area contributed by atoms with Crippen molar-refractivity contribution in [1.29, 1.82) is 0 Å². The molecule has 0 saturated heterocycles. The molecular formula is C24H25N3O4S. The van der Waals surface area contributed by atoms with Crippen molar-refractivity contribution in [3.63, 3.8) is 0 Å². The van der Waals surface area contributed by atoms with Crippen LogP contribution in [-0.4, -0.2) is 25.4 Å². The number of benzene rings is 2. The third-order valence-electron chi connectivity index (χ3n) is 5.02. The Morgan fingerprint density at radius 1 is 0.969 bits per heavy atom. The number of amides is 1. The number of nitrogens with one attached hydrogen (secondary N) is 2. The Kier molecular flexibility index (Phi) is 6.82. The number of hydrogen-bond acceptors (Lipinski definition) is 5. The van der Waals surface area contributed by atoms with Gasteiger partial charge in [-0.05, 0) is 48.6 Å². The normalized spacial score (nSPS) is 13.5. The van der Waals surface area contributed by atoms with Crippen LogP contribution in [0.15, 0.2) is 77.8 Å². The van der Waals surface area contributed by atoms with E-state index in [-0.39, 0.29) is 23.3 Å². The number of ether oxygens (including phenoxy) is 1. The lowest BCUT2D eigenvalue weighted by Crippen LogP contribution is -2.25. The van der Waals surface area contributed by atoms with Gasteiger partial charge in [0, 0.05) is 18.5 Å². The molecule has 1 aliphatic carbocycles. The van der Waals surface area contributed by atoms with E-state index in [1.165, 1.54) is 0 Å². The smallest absolute Gasteiger partial charge is 0.240 e. The van der Waals surface area contributed by atoms with Crippen LogP contribution in [0.5, 0.6) is 5.88 Å². The van der Waals surface area contributed by atoms with Crippen molar-refractivity contribution < 1.29 is 17.9 Å². The average molecular weight is 452 g/mol. The number of rotatable bonds is 10. The molecule has 1 fully saturated rings. The first-order valence-electron chi connectivity index (χ1n) is 10.5. The standard InChI is InChI=1S/C24H25N3O4S/c28-23(14-8-18-6-12-22(13-7-18)32(29,30)27-20-9-10-20)26-21-11-15-24(25-16-21)31-17-19-4-2-1-3-5-19/h1-7,11-13,15-16,20,27H,8-10,14,17H2,(H,26,28). The van der Waals surface area contributed by atoms with Crippen molar-refractivity contribution in [2.24, 2.45) is 0 Å². The Hall–Kier alpha value is -3.23. The van der Waals surface area contributed by atoms with Crippen LogP contribution in [0.2, 0.25) is 0 Å². The predicted molar refractivity (Wildman–Crippen MR) is 122 cm³/mol. The summed E-state index contributed by atoms with van der Waals surface area (Å²) in [6, 6.07) is 20.0. The number of aromatic nitrogens is 1. The first-order valence-corrected chi connectivity index (χ1v) is 12.0. The molecule has 0 unspecified atom stereocenters. The minimum Gasteiger partial charge on any atom is -0.473 e. The van der Waals surface area contributed by atoms with Gasteiger partial charge in [-0.1, -0.05) is 42.5 Å². The Morgan fingerprint density at radius 3 is 2.38 bits per heavy atom. The third-order valence-corrected chi connectivity index (χ3v) is 6.56. The van der Waals surface area contributed by atoms with Crippen LogP contribution in [-0.2, 0) is 27.8 Å². The van der Waals surface area contributed by atoms with Crippen LogP contribution in [0, 0.1) is 0 Å². The summed E-state index contributed by atoms with van der Waals surface area (Å²) >= 11 is 0. The van der Waals surface area contributed by atoms with Crippen molar-refractivity contribution in [2.75, 3.05) is 5.32 Å². The van der Waals surface area contributed by atoms with E-state index in [0.717, 1.165) is 24.0 Å². The summed E-state index contributed by atoms with van der Waals surface area (Å²) < 4.78 is 32.7. The molecule has 0 aliphatic heterocycles. The fourth-order valence-corrected chi connectivity index (χ4v) is 4.38. The molecule has 1 aliphatic rings. The maximum absolute atomic E-state index is 12.3. The third kappa shape index (κ3) is 6.38. The molecular weight excluding hydrogens is 426 g/mol. The summed E-state index contributed by atoms with van der Waals surface area (Å²) in [5.74, 6) is 0.343. The number of anilines is 1. The van der Waals surface area contributed by atoms with Crippen molar-refractivity contribution in [3.8, 4) is 5.88 Å². The molecule has 1 aromatic heterocycles. The van der Waals surface area contributed by atoms with Crippen LogP contribution in [0.3, 0.4) is 0 Å². The molecule has 1 amide bonds. The number of carbonyl (C=O) groups excluding carboxylic acids is 1. The molecule has 166 valence electrons. The van der Waals surface area contributed by atoms with Gasteiger partial charge in [-0.2, -0.15) is 0 Å². The Labute approximate surface area is 187 Å². The highest BCUT2D eigenvalue weighted by molar-refractivity contribution is 7.89. The minimum atomic E-state index is -3.46. The SMILES string of the molecule is O=C(CCc1ccc(S(=O)(=O)NC2CC2)cc1)Nc1ccc(OCc2ccccc2)nc1. The van der Waals surface area contributed by atoms with Gasteiger partial charge in [0.1, 0.15) is 6.61 Å². The highest BCUT2D eigenvalue weighted by Crippen LogP contribution is 2.22. The summed E-state index contributed by atoms with van der Waals surface area (Å²) in [6.07, 6.45) is 4.13. The van der Waals surface area contributed by atoms with E-state index in [9.17, 15) is 13.2 Å². The van der Waals surface area contributed by atoms with Crippen molar-refractivity contribution in [2.45, 2.75) is 43.2 Å². The lowest BCUT2D eigenvalue weighted by atomic mass is 10.1. The van der Waals surface area contributed by atoms with Crippen LogP contribution in [0.25, 0.3) is 0 Å². The van der Waals surface area contributed by atoms with Gasteiger partial charge < -0.3 is 10.1 Å². The molecule has 32 heavy (non-hydrogen) atoms. The second-order valence-corrected chi connectivity index (χ2v) is 9.46. The van der Waals surface area contributed by atoms with Crippen LogP contribution in [0.1, 0.15) is 30.4 Å². The average Bonchev–Trinajstić information content (AvgIpc) is 3.61. The molecule has 8 heteroatoms. The molecule has 0 radical (unpaired) electrons. The van der Waals surface area contributed by atoms with Gasteiger partial charge in [0.15, 0.2) is 0 Å². The largest absolute Gasteiger partial charge is 0.473 e. The van der Waals surface area contributed by atoms with Crippen LogP contribution < -0.4 is 14.8 Å². The summed E-state index contributed by atoms with van der Waals surface area (Å²) in [5, 5.41) is 2.81. The second-order valence-electron chi connectivity index (χ2n) is 7.75. The molecule has 0 atom stereocenters. The number of aryl methyl sites for hydroxylation is 1. The summed E-state index contributed by atoms with van der Waals surface area (Å²) in [5.41, 5.74) is 2.54. The fraction of sp³-hybridized carbons (Fsp3) is 0.250. The zero-order valence-corrected chi connectivity index (χ0v) is 18.3. The summed E-state index contributed by atoms with van der Waals surface area (Å²) in [6.45, 7) is 0.427. The van der Waals surface area contributed by atoms with Crippen LogP contribution >= 0.6 is 0 Å². The van der Waals surface area contributed by atoms with Gasteiger partial charge in [0.05, 0.1) is 16.8 Å². The number of hydrogen-bond donors (Lipinski definition) is 2. The predicted octanol–water partition coefficient (Wildman–Crippen LogP) is 3.67. The number of sulfonamides is 1. The van der Waals surface area contributed by atoms with E-state index >= 15 is 0 Å². The molecule has 1 saturated carbocycles. The molecule has 1 heterocycles. The van der Waals surface area contributed by atoms with Gasteiger partial charge in [-0.15, -0.1) is 0 Å². The monoisotopic (exact) mass is 451 g/mol. The summed E-state index contributed by atoms with van der Waals surface area (Å²) in [7, 11) is -3.46. The van der Waals surface area contributed by atoms with Gasteiger partial charge in [-0.3, -0.25) is 4.79 Å². The quantitative estimate of drug-likeness (QED) is 0.490. The topological polar surface area (TPSA) is 97.4 Å². The van der Waals surface area contributed by atoms with Gasteiger partial charge in [0.25, 0.3) is 0 Å². The van der Waals surface area contributed by atoms with Crippen molar-refractivity contribution in [1.82, 2.24) is 9.71 Å². The van der Waals surface area contributed by atoms with Crippen molar-refractivity contribution in [3.05, 3.63) is 84.1 Å². The van der Waals surface area contributed by atoms with E-state index in [1.54, 1.807) is 42.6 Å². The van der Waals surface area contributed by atoms with Gasteiger partial charge in [-0.25, -0.2) is 18.1 Å². The van der Waals surface area contributed by atoms with E-state index < -0.39 is 10.0 Å². The molecule has 3 aromatic rings. The Bertz CT molecular complexity index is 1140. The maximum Gasteiger partial charge on any atom is 0.240 e. The number of pyridine rings is 1. The molecule has 0 spiro atoms. The molecule has 7 nitrogen and oxygen atoms in total. The zero-order chi connectivity index (χ0) is 22.4. The van der Waals surface area contributed by atoms with Crippen LogP contribution in [0.4, 0.5) is 5.69 Å².